The molecule has 174 valence electrons. The van der Waals surface area contributed by atoms with Crippen LogP contribution in [0.2, 0.25) is 0 Å². The molecular weight excluding hydrogens is 430 g/mol. The molecule has 0 aromatic heterocycles. The summed E-state index contributed by atoms with van der Waals surface area (Å²) in [7, 11) is 3.17. The van der Waals surface area contributed by atoms with Crippen molar-refractivity contribution in [1.29, 1.82) is 0 Å². The molecule has 2 aromatic rings. The normalized spacial score (nSPS) is 18.8. The molecule has 11 nitrogen and oxygen atoms in total. The molecule has 2 aromatic carbocycles. The molecule has 0 saturated carbocycles. The summed E-state index contributed by atoms with van der Waals surface area (Å²) in [5, 5.41) is 6.61. The second-order valence-corrected chi connectivity index (χ2v) is 7.35. The standard InChI is InChI=1S/C22H25N5O6/c1-30-16-5-3-13(7-18(16)31-2)21-15(10-25-27-21)9-24-26-20(28)11-23-22(29)14-4-6-17-19(8-14)33-12-32-17/h3-9,15,21,25,27H,10-12H2,1-2H3,(H,23,29)(H,26,28)/b24-9+. The molecule has 0 bridgehead atoms. The molecule has 2 atom stereocenters. The topological polar surface area (TPSA) is 132 Å². The molecule has 33 heavy (non-hydrogen) atoms. The smallest absolute Gasteiger partial charge is 0.259 e. The Morgan fingerprint density at radius 1 is 1.12 bits per heavy atom. The third-order valence-corrected chi connectivity index (χ3v) is 5.29. The number of nitrogens with one attached hydrogen (secondary N) is 4. The molecule has 2 heterocycles. The quantitative estimate of drug-likeness (QED) is 0.338. The van der Waals surface area contributed by atoms with Gasteiger partial charge in [0.15, 0.2) is 23.0 Å². The van der Waals surface area contributed by atoms with Crippen LogP contribution in [0.15, 0.2) is 41.5 Å². The Morgan fingerprint density at radius 2 is 1.94 bits per heavy atom. The summed E-state index contributed by atoms with van der Waals surface area (Å²) in [5.41, 5.74) is 10.1. The van der Waals surface area contributed by atoms with Gasteiger partial charge in [0.05, 0.1) is 26.8 Å². The summed E-state index contributed by atoms with van der Waals surface area (Å²) in [5.74, 6) is 1.50. The Morgan fingerprint density at radius 3 is 2.76 bits per heavy atom. The number of benzene rings is 2. The zero-order chi connectivity index (χ0) is 23.2. The number of hydrazone groups is 1. The second-order valence-electron chi connectivity index (χ2n) is 7.35. The highest BCUT2D eigenvalue weighted by Gasteiger charge is 2.28. The number of hydrogen-bond acceptors (Lipinski definition) is 9. The first-order chi connectivity index (χ1) is 16.1. The minimum absolute atomic E-state index is 0.0216. The van der Waals surface area contributed by atoms with Gasteiger partial charge in [-0.25, -0.2) is 10.9 Å². The van der Waals surface area contributed by atoms with Crippen LogP contribution in [0.4, 0.5) is 0 Å². The van der Waals surface area contributed by atoms with E-state index in [-0.39, 0.29) is 25.3 Å². The lowest BCUT2D eigenvalue weighted by Crippen LogP contribution is -2.35. The predicted octanol–water partition coefficient (Wildman–Crippen LogP) is 0.730. The number of ether oxygens (including phenoxy) is 4. The SMILES string of the molecule is COc1ccc(C2NNCC2/C=N/NC(=O)CNC(=O)c2ccc3c(c2)OCO3)cc1OC. The van der Waals surface area contributed by atoms with Crippen molar-refractivity contribution in [3.8, 4) is 23.0 Å². The molecule has 2 unspecified atom stereocenters. The molecule has 0 radical (unpaired) electrons. The highest BCUT2D eigenvalue weighted by atomic mass is 16.7. The second kappa shape index (κ2) is 10.2. The van der Waals surface area contributed by atoms with Crippen molar-refractivity contribution in [2.24, 2.45) is 11.0 Å². The fourth-order valence-electron chi connectivity index (χ4n) is 3.57. The molecule has 11 heteroatoms. The van der Waals surface area contributed by atoms with Gasteiger partial charge in [-0.1, -0.05) is 6.07 Å². The molecule has 0 aliphatic carbocycles. The molecule has 1 saturated heterocycles. The van der Waals surface area contributed by atoms with Gasteiger partial charge in [-0.2, -0.15) is 5.10 Å². The number of amides is 2. The third kappa shape index (κ3) is 5.16. The third-order valence-electron chi connectivity index (χ3n) is 5.29. The van der Waals surface area contributed by atoms with E-state index in [9.17, 15) is 9.59 Å². The maximum absolute atomic E-state index is 12.3. The van der Waals surface area contributed by atoms with Crippen LogP contribution in [0.5, 0.6) is 23.0 Å². The number of methoxy groups -OCH3 is 2. The lowest BCUT2D eigenvalue weighted by molar-refractivity contribution is -0.120. The van der Waals surface area contributed by atoms with Gasteiger partial charge >= 0.3 is 0 Å². The van der Waals surface area contributed by atoms with Gasteiger partial charge in [-0.3, -0.25) is 15.0 Å². The number of fused-ring (bicyclic) bond motifs is 1. The van der Waals surface area contributed by atoms with Gasteiger partial charge in [0.2, 0.25) is 6.79 Å². The Hall–Kier alpha value is -3.83. The van der Waals surface area contributed by atoms with Crippen LogP contribution in [0, 0.1) is 5.92 Å². The lowest BCUT2D eigenvalue weighted by Gasteiger charge is -2.17. The molecule has 2 amide bonds. The zero-order valence-electron chi connectivity index (χ0n) is 18.2. The van der Waals surface area contributed by atoms with E-state index in [2.05, 4.69) is 26.7 Å². The van der Waals surface area contributed by atoms with E-state index >= 15 is 0 Å². The van der Waals surface area contributed by atoms with Crippen LogP contribution >= 0.6 is 0 Å². The van der Waals surface area contributed by atoms with Crippen molar-refractivity contribution in [1.82, 2.24) is 21.6 Å². The maximum atomic E-state index is 12.3. The fraction of sp³-hybridized carbons (Fsp3) is 0.318. The van der Waals surface area contributed by atoms with Gasteiger partial charge in [-0.05, 0) is 35.9 Å². The van der Waals surface area contributed by atoms with Crippen molar-refractivity contribution in [2.75, 3.05) is 34.1 Å². The van der Waals surface area contributed by atoms with E-state index in [1.807, 2.05) is 18.2 Å². The lowest BCUT2D eigenvalue weighted by atomic mass is 9.95. The first-order valence-electron chi connectivity index (χ1n) is 10.3. The van der Waals surface area contributed by atoms with E-state index in [1.54, 1.807) is 38.6 Å². The summed E-state index contributed by atoms with van der Waals surface area (Å²) >= 11 is 0. The van der Waals surface area contributed by atoms with Crippen molar-refractivity contribution >= 4 is 18.0 Å². The minimum atomic E-state index is -0.443. The van der Waals surface area contributed by atoms with Crippen molar-refractivity contribution in [2.45, 2.75) is 6.04 Å². The first kappa shape index (κ1) is 22.4. The fourth-order valence-corrected chi connectivity index (χ4v) is 3.57. The zero-order valence-corrected chi connectivity index (χ0v) is 18.2. The number of rotatable bonds is 8. The first-order valence-corrected chi connectivity index (χ1v) is 10.3. The van der Waals surface area contributed by atoms with Crippen LogP contribution in [0.3, 0.4) is 0 Å². The number of carbonyl (C=O) groups is 2. The predicted molar refractivity (Wildman–Crippen MR) is 118 cm³/mol. The van der Waals surface area contributed by atoms with Crippen LogP contribution in [0.1, 0.15) is 22.0 Å². The van der Waals surface area contributed by atoms with Crippen LogP contribution in [-0.2, 0) is 4.79 Å². The van der Waals surface area contributed by atoms with Crippen LogP contribution < -0.4 is 40.5 Å². The molecule has 2 aliphatic rings. The van der Waals surface area contributed by atoms with E-state index < -0.39 is 11.8 Å². The average molecular weight is 455 g/mol. The summed E-state index contributed by atoms with van der Waals surface area (Å²) in [6.07, 6.45) is 1.66. The number of hydrogen-bond donors (Lipinski definition) is 4. The number of hydrazine groups is 1. The average Bonchev–Trinajstić information content (AvgIpc) is 3.51. The van der Waals surface area contributed by atoms with Gasteiger partial charge in [0.1, 0.15) is 0 Å². The molecule has 1 fully saturated rings. The number of carbonyl (C=O) groups excluding carboxylic acids is 2. The Balaban J connectivity index is 1.28. The molecule has 0 spiro atoms. The van der Waals surface area contributed by atoms with E-state index in [1.165, 1.54) is 0 Å². The van der Waals surface area contributed by atoms with Crippen LogP contribution in [0.25, 0.3) is 0 Å². The van der Waals surface area contributed by atoms with E-state index in [0.29, 0.717) is 35.1 Å². The Kier molecular flexibility index (Phi) is 6.91. The summed E-state index contributed by atoms with van der Waals surface area (Å²) in [6.45, 7) is 0.532. The summed E-state index contributed by atoms with van der Waals surface area (Å²) < 4.78 is 21.1. The highest BCUT2D eigenvalue weighted by Crippen LogP contribution is 2.33. The van der Waals surface area contributed by atoms with Crippen molar-refractivity contribution < 1.29 is 28.5 Å². The largest absolute Gasteiger partial charge is 0.493 e. The van der Waals surface area contributed by atoms with E-state index in [4.69, 9.17) is 18.9 Å². The molecular formula is C22H25N5O6. The molecule has 4 rings (SSSR count). The Labute approximate surface area is 190 Å². The highest BCUT2D eigenvalue weighted by molar-refractivity contribution is 5.97. The minimum Gasteiger partial charge on any atom is -0.493 e. The summed E-state index contributed by atoms with van der Waals surface area (Å²) in [4.78, 5) is 24.4. The molecule has 2 aliphatic heterocycles. The van der Waals surface area contributed by atoms with Gasteiger partial charge < -0.3 is 24.3 Å². The van der Waals surface area contributed by atoms with Crippen molar-refractivity contribution in [3.63, 3.8) is 0 Å². The van der Waals surface area contributed by atoms with Gasteiger partial charge in [0.25, 0.3) is 11.8 Å². The maximum Gasteiger partial charge on any atom is 0.259 e. The van der Waals surface area contributed by atoms with Crippen molar-refractivity contribution in [3.05, 3.63) is 47.5 Å². The van der Waals surface area contributed by atoms with Crippen LogP contribution in [-0.4, -0.2) is 52.1 Å². The molecule has 4 N–H and O–H groups in total. The Bertz CT molecular complexity index is 1060. The van der Waals surface area contributed by atoms with E-state index in [0.717, 1.165) is 5.56 Å². The van der Waals surface area contributed by atoms with Gasteiger partial charge in [0, 0.05) is 24.2 Å². The monoisotopic (exact) mass is 455 g/mol. The number of nitrogens with zero attached hydrogens (tertiary/aromatic N) is 1. The summed E-state index contributed by atoms with van der Waals surface area (Å²) in [6, 6.07) is 10.4. The van der Waals surface area contributed by atoms with Gasteiger partial charge in [-0.15, -0.1) is 0 Å².